The number of nitrogens with zero attached hydrogens (tertiary/aromatic N) is 1. The Morgan fingerprint density at radius 1 is 1.33 bits per heavy atom. The van der Waals surface area contributed by atoms with E-state index >= 15 is 0 Å². The van der Waals surface area contributed by atoms with Gasteiger partial charge in [0, 0.05) is 17.5 Å². The fourth-order valence-corrected chi connectivity index (χ4v) is 2.30. The predicted molar refractivity (Wildman–Crippen MR) is 66.9 cm³/mol. The summed E-state index contributed by atoms with van der Waals surface area (Å²) in [6, 6.07) is 6.46. The summed E-state index contributed by atoms with van der Waals surface area (Å²) in [5, 5.41) is 5.95. The summed E-state index contributed by atoms with van der Waals surface area (Å²) >= 11 is 1.56. The summed E-state index contributed by atoms with van der Waals surface area (Å²) in [4.78, 5) is 4.43. The monoisotopic (exact) mass is 270 g/mol. The van der Waals surface area contributed by atoms with Crippen LogP contribution in [-0.4, -0.2) is 18.6 Å². The lowest BCUT2D eigenvalue weighted by atomic mass is 10.2. The Labute approximate surface area is 107 Å². The molecule has 0 bridgehead atoms. The van der Waals surface area contributed by atoms with E-state index in [4.69, 9.17) is 0 Å². The summed E-state index contributed by atoms with van der Waals surface area (Å²) < 4.78 is 28.3. The van der Waals surface area contributed by atoms with E-state index in [1.807, 2.05) is 12.4 Å². The molecule has 1 aromatic carbocycles. The van der Waals surface area contributed by atoms with E-state index in [0.29, 0.717) is 0 Å². The standard InChI is InChI=1S/C12H12F2N2OS/c1-15-6-11-16-10(7-18-11)8-2-4-9(5-3-8)17-12(13)14/h2-5,7,12,15H,6H2,1H3. The van der Waals surface area contributed by atoms with Gasteiger partial charge in [-0.2, -0.15) is 8.78 Å². The van der Waals surface area contributed by atoms with Gasteiger partial charge in [0.1, 0.15) is 10.8 Å². The Bertz CT molecular complexity index is 499. The van der Waals surface area contributed by atoms with Crippen LogP contribution in [0.15, 0.2) is 29.6 Å². The maximum Gasteiger partial charge on any atom is 0.387 e. The number of halogens is 2. The molecule has 1 aromatic heterocycles. The van der Waals surface area contributed by atoms with Crippen LogP contribution in [0.3, 0.4) is 0 Å². The predicted octanol–water partition coefficient (Wildman–Crippen LogP) is 3.13. The molecular formula is C12H12F2N2OS. The first-order valence-electron chi connectivity index (χ1n) is 5.33. The maximum atomic E-state index is 12.0. The average Bonchev–Trinajstić information content (AvgIpc) is 2.78. The molecular weight excluding hydrogens is 258 g/mol. The van der Waals surface area contributed by atoms with Gasteiger partial charge in [-0.1, -0.05) is 0 Å². The van der Waals surface area contributed by atoms with Crippen molar-refractivity contribution in [3.63, 3.8) is 0 Å². The van der Waals surface area contributed by atoms with Crippen LogP contribution in [0.25, 0.3) is 11.3 Å². The van der Waals surface area contributed by atoms with Crippen molar-refractivity contribution in [2.45, 2.75) is 13.2 Å². The highest BCUT2D eigenvalue weighted by molar-refractivity contribution is 7.09. The molecule has 18 heavy (non-hydrogen) atoms. The average molecular weight is 270 g/mol. The highest BCUT2D eigenvalue weighted by Crippen LogP contribution is 2.24. The van der Waals surface area contributed by atoms with Crippen molar-refractivity contribution in [2.24, 2.45) is 0 Å². The van der Waals surface area contributed by atoms with Gasteiger partial charge in [0.15, 0.2) is 0 Å². The molecule has 1 N–H and O–H groups in total. The third-order valence-corrected chi connectivity index (χ3v) is 3.10. The number of alkyl halides is 2. The first kappa shape index (κ1) is 12.9. The van der Waals surface area contributed by atoms with Gasteiger partial charge in [0.25, 0.3) is 0 Å². The van der Waals surface area contributed by atoms with Gasteiger partial charge < -0.3 is 10.1 Å². The Morgan fingerprint density at radius 3 is 2.67 bits per heavy atom. The number of benzene rings is 1. The smallest absolute Gasteiger partial charge is 0.387 e. The van der Waals surface area contributed by atoms with E-state index in [2.05, 4.69) is 15.0 Å². The Kier molecular flexibility index (Phi) is 4.22. The third-order valence-electron chi connectivity index (χ3n) is 2.26. The van der Waals surface area contributed by atoms with Crippen molar-refractivity contribution in [3.05, 3.63) is 34.7 Å². The fourth-order valence-electron chi connectivity index (χ4n) is 1.48. The maximum absolute atomic E-state index is 12.0. The van der Waals surface area contributed by atoms with Crippen LogP contribution in [0.4, 0.5) is 8.78 Å². The second-order valence-electron chi connectivity index (χ2n) is 3.56. The Morgan fingerprint density at radius 2 is 2.06 bits per heavy atom. The number of aromatic nitrogens is 1. The van der Waals surface area contributed by atoms with Crippen LogP contribution in [0, 0.1) is 0 Å². The van der Waals surface area contributed by atoms with Gasteiger partial charge in [-0.3, -0.25) is 0 Å². The van der Waals surface area contributed by atoms with Crippen LogP contribution in [0.5, 0.6) is 5.75 Å². The zero-order valence-corrected chi connectivity index (χ0v) is 10.5. The van der Waals surface area contributed by atoms with Gasteiger partial charge in [-0.15, -0.1) is 11.3 Å². The number of ether oxygens (including phenoxy) is 1. The van der Waals surface area contributed by atoms with Crippen LogP contribution < -0.4 is 10.1 Å². The lowest BCUT2D eigenvalue weighted by molar-refractivity contribution is -0.0498. The minimum absolute atomic E-state index is 0.152. The number of nitrogens with one attached hydrogen (secondary N) is 1. The molecule has 0 saturated heterocycles. The van der Waals surface area contributed by atoms with Gasteiger partial charge >= 0.3 is 6.61 Å². The van der Waals surface area contributed by atoms with Crippen molar-refractivity contribution in [3.8, 4) is 17.0 Å². The van der Waals surface area contributed by atoms with Gasteiger partial charge in [-0.05, 0) is 31.3 Å². The summed E-state index contributed by atoms with van der Waals surface area (Å²) in [7, 11) is 1.86. The highest BCUT2D eigenvalue weighted by Gasteiger charge is 2.06. The molecule has 0 saturated carbocycles. The SMILES string of the molecule is CNCc1nc(-c2ccc(OC(F)F)cc2)cs1. The van der Waals surface area contributed by atoms with E-state index in [-0.39, 0.29) is 5.75 Å². The molecule has 0 aliphatic rings. The minimum atomic E-state index is -2.79. The summed E-state index contributed by atoms with van der Waals surface area (Å²) in [6.07, 6.45) is 0. The zero-order chi connectivity index (χ0) is 13.0. The van der Waals surface area contributed by atoms with Crippen LogP contribution in [-0.2, 0) is 6.54 Å². The molecule has 6 heteroatoms. The number of hydrogen-bond acceptors (Lipinski definition) is 4. The molecule has 2 rings (SSSR count). The molecule has 0 amide bonds. The van der Waals surface area contributed by atoms with Crippen molar-refractivity contribution in [2.75, 3.05) is 7.05 Å². The summed E-state index contributed by atoms with van der Waals surface area (Å²) in [5.74, 6) is 0.152. The molecule has 2 aromatic rings. The van der Waals surface area contributed by atoms with E-state index in [1.54, 1.807) is 23.5 Å². The summed E-state index contributed by atoms with van der Waals surface area (Å²) in [6.45, 7) is -2.07. The number of thiazole rings is 1. The van der Waals surface area contributed by atoms with Crippen LogP contribution in [0.2, 0.25) is 0 Å². The van der Waals surface area contributed by atoms with Crippen LogP contribution >= 0.6 is 11.3 Å². The largest absolute Gasteiger partial charge is 0.435 e. The van der Waals surface area contributed by atoms with Crippen LogP contribution in [0.1, 0.15) is 5.01 Å². The van der Waals surface area contributed by atoms with E-state index in [1.165, 1.54) is 12.1 Å². The quantitative estimate of drug-likeness (QED) is 0.906. The molecule has 0 atom stereocenters. The normalized spacial score (nSPS) is 10.9. The van der Waals surface area contributed by atoms with Gasteiger partial charge in [0.2, 0.25) is 0 Å². The van der Waals surface area contributed by atoms with Crippen molar-refractivity contribution in [1.29, 1.82) is 0 Å². The zero-order valence-electron chi connectivity index (χ0n) is 9.69. The minimum Gasteiger partial charge on any atom is -0.435 e. The number of hydrogen-bond donors (Lipinski definition) is 1. The molecule has 0 radical (unpaired) electrons. The van der Waals surface area contributed by atoms with Gasteiger partial charge in [-0.25, -0.2) is 4.98 Å². The molecule has 0 spiro atoms. The molecule has 0 unspecified atom stereocenters. The molecule has 3 nitrogen and oxygen atoms in total. The van der Waals surface area contributed by atoms with E-state index in [0.717, 1.165) is 22.8 Å². The van der Waals surface area contributed by atoms with E-state index < -0.39 is 6.61 Å². The second kappa shape index (κ2) is 5.88. The molecule has 1 heterocycles. The molecule has 0 aliphatic heterocycles. The third kappa shape index (κ3) is 3.24. The first-order valence-corrected chi connectivity index (χ1v) is 6.21. The lowest BCUT2D eigenvalue weighted by Crippen LogP contribution is -2.04. The molecule has 0 fully saturated rings. The van der Waals surface area contributed by atoms with E-state index in [9.17, 15) is 8.78 Å². The van der Waals surface area contributed by atoms with Crippen molar-refractivity contribution in [1.82, 2.24) is 10.3 Å². The van der Waals surface area contributed by atoms with Crippen molar-refractivity contribution < 1.29 is 13.5 Å². The number of rotatable bonds is 5. The molecule has 0 aliphatic carbocycles. The summed E-state index contributed by atoms with van der Waals surface area (Å²) in [5.41, 5.74) is 1.73. The lowest BCUT2D eigenvalue weighted by Gasteiger charge is -2.04. The Hall–Kier alpha value is -1.53. The highest BCUT2D eigenvalue weighted by atomic mass is 32.1. The Balaban J connectivity index is 2.12. The second-order valence-corrected chi connectivity index (χ2v) is 4.50. The fraction of sp³-hybridized carbons (Fsp3) is 0.250. The first-order chi connectivity index (χ1) is 8.69. The topological polar surface area (TPSA) is 34.2 Å². The van der Waals surface area contributed by atoms with Crippen molar-refractivity contribution >= 4 is 11.3 Å². The van der Waals surface area contributed by atoms with Gasteiger partial charge in [0.05, 0.1) is 5.69 Å². The molecule has 96 valence electrons.